The van der Waals surface area contributed by atoms with E-state index in [-0.39, 0.29) is 6.03 Å². The maximum Gasteiger partial charge on any atom is 0.415 e. The molecule has 0 aliphatic heterocycles. The quantitative estimate of drug-likeness (QED) is 0.577. The van der Waals surface area contributed by atoms with Crippen LogP contribution >= 0.6 is 0 Å². The van der Waals surface area contributed by atoms with Crippen LogP contribution in [0.5, 0.6) is 11.5 Å². The van der Waals surface area contributed by atoms with Crippen molar-refractivity contribution in [3.05, 3.63) is 36.5 Å². The number of carbonyl (C=O) groups is 2. The molecule has 0 saturated heterocycles. The van der Waals surface area contributed by atoms with Gasteiger partial charge in [0.05, 0.1) is 19.0 Å². The smallest absolute Gasteiger partial charge is 0.415 e. The Morgan fingerprint density at radius 3 is 2.50 bits per heavy atom. The number of rotatable bonds is 7. The molecule has 0 bridgehead atoms. The minimum absolute atomic E-state index is 0.313. The van der Waals surface area contributed by atoms with Crippen LogP contribution in [0.4, 0.5) is 15.4 Å². The molecule has 0 aliphatic rings. The lowest BCUT2D eigenvalue weighted by atomic mass is 10.1. The van der Waals surface area contributed by atoms with Crippen LogP contribution in [0.2, 0.25) is 0 Å². The van der Waals surface area contributed by atoms with Gasteiger partial charge in [-0.15, -0.1) is 0 Å². The second kappa shape index (κ2) is 10.4. The lowest BCUT2D eigenvalue weighted by Gasteiger charge is -2.19. The van der Waals surface area contributed by atoms with Gasteiger partial charge in [0.1, 0.15) is 11.3 Å². The number of carbonyl (C=O) groups excluding carboxylic acids is 2. The highest BCUT2D eigenvalue weighted by Gasteiger charge is 2.16. The molecule has 2 heterocycles. The number of benzene rings is 1. The monoisotopic (exact) mass is 438 g/mol. The number of amides is 3. The van der Waals surface area contributed by atoms with Gasteiger partial charge < -0.3 is 19.7 Å². The topological polar surface area (TPSA) is 119 Å². The van der Waals surface area contributed by atoms with Crippen molar-refractivity contribution < 1.29 is 19.1 Å². The molecule has 3 amide bonds. The van der Waals surface area contributed by atoms with E-state index in [9.17, 15) is 9.59 Å². The zero-order valence-corrected chi connectivity index (χ0v) is 18.5. The van der Waals surface area contributed by atoms with Crippen molar-refractivity contribution in [1.29, 1.82) is 0 Å². The Morgan fingerprint density at radius 1 is 1.03 bits per heavy atom. The van der Waals surface area contributed by atoms with Crippen LogP contribution in [0.3, 0.4) is 0 Å². The Labute approximate surface area is 186 Å². The number of urea groups is 1. The summed E-state index contributed by atoms with van der Waals surface area (Å²) in [5.74, 6) is 1.07. The van der Waals surface area contributed by atoms with Crippen molar-refractivity contribution in [3.8, 4) is 22.8 Å². The molecule has 0 unspecified atom stereocenters. The first-order valence-corrected chi connectivity index (χ1v) is 10.3. The number of nitrogens with one attached hydrogen (secondary N) is 2. The number of ether oxygens (including phenoxy) is 2. The van der Waals surface area contributed by atoms with E-state index < -0.39 is 6.09 Å². The Bertz CT molecular complexity index is 1120. The molecule has 32 heavy (non-hydrogen) atoms. The van der Waals surface area contributed by atoms with E-state index in [0.717, 1.165) is 0 Å². The van der Waals surface area contributed by atoms with Crippen molar-refractivity contribution in [2.75, 3.05) is 32.1 Å². The molecule has 10 nitrogen and oxygen atoms in total. The summed E-state index contributed by atoms with van der Waals surface area (Å²) >= 11 is 0. The summed E-state index contributed by atoms with van der Waals surface area (Å²) in [5.41, 5.74) is 2.24. The number of nitrogens with zero attached hydrogens (tertiary/aromatic N) is 4. The maximum absolute atomic E-state index is 12.3. The van der Waals surface area contributed by atoms with Crippen LogP contribution in [0.15, 0.2) is 36.5 Å². The van der Waals surface area contributed by atoms with Crippen LogP contribution in [0.25, 0.3) is 22.4 Å². The van der Waals surface area contributed by atoms with E-state index >= 15 is 0 Å². The van der Waals surface area contributed by atoms with Crippen molar-refractivity contribution >= 4 is 29.1 Å². The van der Waals surface area contributed by atoms with Gasteiger partial charge in [0.2, 0.25) is 0 Å². The van der Waals surface area contributed by atoms with E-state index in [2.05, 4.69) is 25.6 Å². The average Bonchev–Trinajstić information content (AvgIpc) is 2.79. The van der Waals surface area contributed by atoms with Crippen LogP contribution in [-0.4, -0.2) is 58.7 Å². The first-order chi connectivity index (χ1) is 15.5. The average molecular weight is 438 g/mol. The number of anilines is 1. The minimum atomic E-state index is -0.442. The molecule has 3 rings (SSSR count). The lowest BCUT2D eigenvalue weighted by Crippen LogP contribution is -2.33. The van der Waals surface area contributed by atoms with Gasteiger partial charge in [0, 0.05) is 25.2 Å². The number of hydrogen-bond acceptors (Lipinski definition) is 7. The van der Waals surface area contributed by atoms with Crippen LogP contribution in [0.1, 0.15) is 20.8 Å². The predicted molar refractivity (Wildman–Crippen MR) is 121 cm³/mol. The van der Waals surface area contributed by atoms with Crippen molar-refractivity contribution in [2.24, 2.45) is 0 Å². The lowest BCUT2D eigenvalue weighted by molar-refractivity contribution is 0.155. The van der Waals surface area contributed by atoms with Crippen LogP contribution in [0, 0.1) is 0 Å². The molecule has 2 aromatic heterocycles. The fraction of sp³-hybridized carbons (Fsp3) is 0.318. The molecule has 3 aromatic rings. The maximum atomic E-state index is 12.3. The largest absolute Gasteiger partial charge is 0.493 e. The summed E-state index contributed by atoms with van der Waals surface area (Å²) in [6, 6.07) is 8.19. The second-order valence-electron chi connectivity index (χ2n) is 6.68. The molecular formula is C22H26N6O4. The molecular weight excluding hydrogens is 412 g/mol. The van der Waals surface area contributed by atoms with Crippen molar-refractivity contribution in [1.82, 2.24) is 25.2 Å². The highest BCUT2D eigenvalue weighted by molar-refractivity contribution is 5.89. The number of hydrogen-bond donors (Lipinski definition) is 2. The van der Waals surface area contributed by atoms with Gasteiger partial charge in [-0.05, 0) is 51.1 Å². The van der Waals surface area contributed by atoms with Gasteiger partial charge in [-0.2, -0.15) is 0 Å². The Balaban J connectivity index is 1.88. The molecule has 0 spiro atoms. The Morgan fingerprint density at radius 2 is 1.81 bits per heavy atom. The normalized spacial score (nSPS) is 10.5. The summed E-state index contributed by atoms with van der Waals surface area (Å²) in [6.07, 6.45) is 1.18. The molecule has 0 atom stereocenters. The van der Waals surface area contributed by atoms with Gasteiger partial charge in [-0.25, -0.2) is 19.6 Å². The first-order valence-electron chi connectivity index (χ1n) is 10.3. The summed E-state index contributed by atoms with van der Waals surface area (Å²) in [4.78, 5) is 38.9. The molecule has 2 N–H and O–H groups in total. The van der Waals surface area contributed by atoms with E-state index in [4.69, 9.17) is 9.47 Å². The fourth-order valence-electron chi connectivity index (χ4n) is 2.98. The molecule has 1 aromatic carbocycles. The predicted octanol–water partition coefficient (Wildman–Crippen LogP) is 3.68. The van der Waals surface area contributed by atoms with Crippen molar-refractivity contribution in [2.45, 2.75) is 20.8 Å². The number of aromatic nitrogens is 3. The van der Waals surface area contributed by atoms with E-state index in [1.807, 2.05) is 20.8 Å². The van der Waals surface area contributed by atoms with Crippen molar-refractivity contribution in [3.63, 3.8) is 0 Å². The number of pyridine rings is 1. The SMILES string of the molecule is CCNC(=O)Nc1ccc2ncc(-c3ccc(OC(=O)N(CC)CC)c(OC)c3)nc2n1. The van der Waals surface area contributed by atoms with Crippen LogP contribution < -0.4 is 20.1 Å². The summed E-state index contributed by atoms with van der Waals surface area (Å²) in [7, 11) is 1.50. The highest BCUT2D eigenvalue weighted by Crippen LogP contribution is 2.32. The molecule has 0 saturated carbocycles. The summed E-state index contributed by atoms with van der Waals surface area (Å²) in [6.45, 7) is 7.20. The number of fused-ring (bicyclic) bond motifs is 1. The second-order valence-corrected chi connectivity index (χ2v) is 6.68. The molecule has 168 valence electrons. The molecule has 0 aliphatic carbocycles. The van der Waals surface area contributed by atoms with E-state index in [1.165, 1.54) is 7.11 Å². The van der Waals surface area contributed by atoms with E-state index in [0.29, 0.717) is 59.4 Å². The zero-order chi connectivity index (χ0) is 23.1. The zero-order valence-electron chi connectivity index (χ0n) is 18.5. The minimum Gasteiger partial charge on any atom is -0.493 e. The Hall–Kier alpha value is -3.95. The molecule has 0 radical (unpaired) electrons. The fourth-order valence-corrected chi connectivity index (χ4v) is 2.98. The van der Waals surface area contributed by atoms with Gasteiger partial charge in [-0.1, -0.05) is 0 Å². The molecule has 0 fully saturated rings. The van der Waals surface area contributed by atoms with Gasteiger partial charge in [0.25, 0.3) is 0 Å². The number of methoxy groups -OCH3 is 1. The molecule has 10 heteroatoms. The highest BCUT2D eigenvalue weighted by atomic mass is 16.6. The third-order valence-electron chi connectivity index (χ3n) is 4.66. The summed E-state index contributed by atoms with van der Waals surface area (Å²) < 4.78 is 10.9. The standard InChI is InChI=1S/C22H26N6O4/c1-5-23-21(29)27-19-11-9-15-20(26-19)25-16(13-24-15)14-8-10-17(18(12-14)31-4)32-22(30)28(6-2)7-3/h8-13H,5-7H2,1-4H3,(H2,23,25,26,27,29). The van der Waals surface area contributed by atoms with E-state index in [1.54, 1.807) is 41.4 Å². The third-order valence-corrected chi connectivity index (χ3v) is 4.66. The van der Waals surface area contributed by atoms with Gasteiger partial charge in [-0.3, -0.25) is 10.3 Å². The van der Waals surface area contributed by atoms with Crippen LogP contribution in [-0.2, 0) is 0 Å². The summed E-state index contributed by atoms with van der Waals surface area (Å²) in [5, 5.41) is 5.30. The first kappa shape index (κ1) is 22.7. The van der Waals surface area contributed by atoms with Gasteiger partial charge in [0.15, 0.2) is 17.1 Å². The van der Waals surface area contributed by atoms with Gasteiger partial charge >= 0.3 is 12.1 Å². The Kier molecular flexibility index (Phi) is 7.37. The third kappa shape index (κ3) is 5.20.